The lowest BCUT2D eigenvalue weighted by atomic mass is 9.63. The van der Waals surface area contributed by atoms with Crippen LogP contribution in [0.2, 0.25) is 0 Å². The Balaban J connectivity index is 1.86. The first-order valence-corrected chi connectivity index (χ1v) is 6.75. The number of methoxy groups -OCH3 is 1. The fourth-order valence-corrected chi connectivity index (χ4v) is 3.29. The molecule has 2 aliphatic rings. The maximum absolute atomic E-state index is 5.95. The van der Waals surface area contributed by atoms with Crippen LogP contribution in [0.25, 0.3) is 0 Å². The van der Waals surface area contributed by atoms with E-state index in [-0.39, 0.29) is 6.04 Å². The third kappa shape index (κ3) is 2.73. The molecule has 0 aromatic carbocycles. The molecule has 0 amide bonds. The average Bonchev–Trinajstić information content (AvgIpc) is 2.76. The summed E-state index contributed by atoms with van der Waals surface area (Å²) in [6.07, 6.45) is 8.01. The smallest absolute Gasteiger partial charge is 0.189 e. The zero-order chi connectivity index (χ0) is 12.3. The summed E-state index contributed by atoms with van der Waals surface area (Å²) in [7, 11) is 1.70. The van der Waals surface area contributed by atoms with E-state index < -0.39 is 0 Å². The van der Waals surface area contributed by atoms with E-state index in [0.717, 1.165) is 0 Å². The molecule has 2 atom stereocenters. The van der Waals surface area contributed by atoms with Crippen LogP contribution in [-0.2, 0) is 4.74 Å². The predicted molar refractivity (Wildman–Crippen MR) is 70.0 cm³/mol. The molecular weight excluding hydrogens is 214 g/mol. The molecule has 98 valence electrons. The highest BCUT2D eigenvalue weighted by atomic mass is 16.5. The van der Waals surface area contributed by atoms with Gasteiger partial charge in [-0.1, -0.05) is 12.8 Å². The molecule has 4 nitrogen and oxygen atoms in total. The van der Waals surface area contributed by atoms with E-state index in [1.54, 1.807) is 7.11 Å². The van der Waals surface area contributed by atoms with Crippen LogP contribution in [0.15, 0.2) is 4.99 Å². The molecule has 2 aliphatic carbocycles. The van der Waals surface area contributed by atoms with E-state index in [4.69, 9.17) is 10.5 Å². The molecule has 0 heterocycles. The van der Waals surface area contributed by atoms with Gasteiger partial charge in [0.05, 0.1) is 12.6 Å². The van der Waals surface area contributed by atoms with Crippen molar-refractivity contribution in [2.75, 3.05) is 13.7 Å². The van der Waals surface area contributed by atoms with Crippen molar-refractivity contribution in [3.8, 4) is 0 Å². The van der Waals surface area contributed by atoms with Crippen molar-refractivity contribution in [2.24, 2.45) is 16.1 Å². The number of nitrogens with zero attached hydrogens (tertiary/aromatic N) is 1. The summed E-state index contributed by atoms with van der Waals surface area (Å²) < 4.78 is 5.07. The lowest BCUT2D eigenvalue weighted by molar-refractivity contribution is 0.104. The van der Waals surface area contributed by atoms with E-state index in [2.05, 4.69) is 17.2 Å². The number of hydrogen-bond donors (Lipinski definition) is 2. The first-order chi connectivity index (χ1) is 8.16. The van der Waals surface area contributed by atoms with Crippen LogP contribution >= 0.6 is 0 Å². The van der Waals surface area contributed by atoms with Gasteiger partial charge in [0.1, 0.15) is 0 Å². The van der Waals surface area contributed by atoms with Gasteiger partial charge in [0.15, 0.2) is 5.96 Å². The highest BCUT2D eigenvalue weighted by Crippen LogP contribution is 2.54. The standard InChI is InChI=1S/C13H25N3O/c1-10(9-17-2)15-12(14)16-11-5-8-13(11)6-3-4-7-13/h10-11H,3-9H2,1-2H3,(H3,14,15,16). The van der Waals surface area contributed by atoms with E-state index in [1.807, 2.05) is 0 Å². The third-order valence-electron chi connectivity index (χ3n) is 4.33. The van der Waals surface area contributed by atoms with Gasteiger partial charge in [-0.3, -0.25) is 0 Å². The lowest BCUT2D eigenvalue weighted by Gasteiger charge is -2.45. The maximum Gasteiger partial charge on any atom is 0.189 e. The molecule has 2 fully saturated rings. The highest BCUT2D eigenvalue weighted by molar-refractivity contribution is 5.78. The average molecular weight is 239 g/mol. The zero-order valence-electron chi connectivity index (χ0n) is 11.0. The van der Waals surface area contributed by atoms with Gasteiger partial charge < -0.3 is 15.8 Å². The summed E-state index contributed by atoms with van der Waals surface area (Å²) in [5, 5.41) is 3.19. The summed E-state index contributed by atoms with van der Waals surface area (Å²) >= 11 is 0. The molecule has 2 unspecified atom stereocenters. The third-order valence-corrected chi connectivity index (χ3v) is 4.33. The highest BCUT2D eigenvalue weighted by Gasteiger charge is 2.48. The zero-order valence-corrected chi connectivity index (χ0v) is 11.0. The molecule has 4 heteroatoms. The summed E-state index contributed by atoms with van der Waals surface area (Å²) in [5.41, 5.74) is 6.46. The van der Waals surface area contributed by atoms with Gasteiger partial charge in [-0.15, -0.1) is 0 Å². The van der Waals surface area contributed by atoms with E-state index in [0.29, 0.717) is 24.0 Å². The van der Waals surface area contributed by atoms with Gasteiger partial charge in [-0.05, 0) is 38.0 Å². The van der Waals surface area contributed by atoms with Crippen LogP contribution in [0.5, 0.6) is 0 Å². The Morgan fingerprint density at radius 3 is 2.71 bits per heavy atom. The van der Waals surface area contributed by atoms with Crippen molar-refractivity contribution in [2.45, 2.75) is 57.5 Å². The molecule has 0 saturated heterocycles. The quantitative estimate of drug-likeness (QED) is 0.579. The minimum absolute atomic E-state index is 0.225. The van der Waals surface area contributed by atoms with Crippen LogP contribution in [0.4, 0.5) is 0 Å². The van der Waals surface area contributed by atoms with Crippen LogP contribution in [0, 0.1) is 5.41 Å². The van der Waals surface area contributed by atoms with E-state index in [9.17, 15) is 0 Å². The van der Waals surface area contributed by atoms with Crippen molar-refractivity contribution < 1.29 is 4.74 Å². The Bertz CT molecular complexity index is 284. The van der Waals surface area contributed by atoms with Crippen LogP contribution in [0.1, 0.15) is 45.4 Å². The first kappa shape index (κ1) is 12.7. The number of rotatable bonds is 4. The SMILES string of the molecule is COCC(C)NC(N)=NC1CCC12CCCC2. The van der Waals surface area contributed by atoms with Gasteiger partial charge in [-0.2, -0.15) is 0 Å². The van der Waals surface area contributed by atoms with Crippen molar-refractivity contribution in [3.63, 3.8) is 0 Å². The second kappa shape index (κ2) is 5.25. The number of nitrogens with one attached hydrogen (secondary N) is 1. The number of guanidine groups is 1. The Kier molecular flexibility index (Phi) is 3.92. The van der Waals surface area contributed by atoms with Crippen LogP contribution in [-0.4, -0.2) is 31.8 Å². The molecule has 17 heavy (non-hydrogen) atoms. The normalized spacial score (nSPS) is 29.1. The van der Waals surface area contributed by atoms with E-state index in [1.165, 1.54) is 38.5 Å². The maximum atomic E-state index is 5.95. The predicted octanol–water partition coefficient (Wildman–Crippen LogP) is 1.65. The lowest BCUT2D eigenvalue weighted by Crippen LogP contribution is -2.46. The second-order valence-electron chi connectivity index (χ2n) is 5.64. The van der Waals surface area contributed by atoms with Crippen molar-refractivity contribution in [3.05, 3.63) is 0 Å². The minimum atomic E-state index is 0.225. The van der Waals surface area contributed by atoms with Gasteiger partial charge in [-0.25, -0.2) is 4.99 Å². The molecule has 0 aliphatic heterocycles. The monoisotopic (exact) mass is 239 g/mol. The van der Waals surface area contributed by atoms with Crippen LogP contribution in [0.3, 0.4) is 0 Å². The summed E-state index contributed by atoms with van der Waals surface area (Å²) in [5.74, 6) is 0.588. The number of nitrogens with two attached hydrogens (primary N) is 1. The molecule has 0 aromatic heterocycles. The van der Waals surface area contributed by atoms with E-state index >= 15 is 0 Å². The number of aliphatic imine (C=N–C) groups is 1. The summed E-state index contributed by atoms with van der Waals surface area (Å²) in [6, 6.07) is 0.690. The molecule has 0 bridgehead atoms. The Morgan fingerprint density at radius 2 is 2.18 bits per heavy atom. The fraction of sp³-hybridized carbons (Fsp3) is 0.923. The Hall–Kier alpha value is -0.770. The topological polar surface area (TPSA) is 59.6 Å². The Labute approximate surface area is 104 Å². The molecule has 3 N–H and O–H groups in total. The largest absolute Gasteiger partial charge is 0.383 e. The van der Waals surface area contributed by atoms with Gasteiger partial charge >= 0.3 is 0 Å². The fourth-order valence-electron chi connectivity index (χ4n) is 3.29. The first-order valence-electron chi connectivity index (χ1n) is 6.75. The molecule has 0 aromatic rings. The summed E-state index contributed by atoms with van der Waals surface area (Å²) in [6.45, 7) is 2.71. The molecule has 2 rings (SSSR count). The van der Waals surface area contributed by atoms with Crippen molar-refractivity contribution in [1.82, 2.24) is 5.32 Å². The molecular formula is C13H25N3O. The number of hydrogen-bond acceptors (Lipinski definition) is 2. The van der Waals surface area contributed by atoms with Gasteiger partial charge in [0.2, 0.25) is 0 Å². The molecule has 0 radical (unpaired) electrons. The summed E-state index contributed by atoms with van der Waals surface area (Å²) in [4.78, 5) is 4.67. The Morgan fingerprint density at radius 1 is 1.47 bits per heavy atom. The molecule has 1 spiro atoms. The number of ether oxygens (including phenoxy) is 1. The van der Waals surface area contributed by atoms with Gasteiger partial charge in [0.25, 0.3) is 0 Å². The van der Waals surface area contributed by atoms with Crippen molar-refractivity contribution >= 4 is 5.96 Å². The second-order valence-corrected chi connectivity index (χ2v) is 5.64. The minimum Gasteiger partial charge on any atom is -0.383 e. The van der Waals surface area contributed by atoms with Gasteiger partial charge in [0, 0.05) is 13.2 Å². The molecule has 2 saturated carbocycles. The van der Waals surface area contributed by atoms with Crippen LogP contribution < -0.4 is 11.1 Å². The van der Waals surface area contributed by atoms with Crippen molar-refractivity contribution in [1.29, 1.82) is 0 Å².